The maximum atomic E-state index is 14.9. The molecule has 1 aromatic rings. The van der Waals surface area contributed by atoms with E-state index < -0.39 is 17.5 Å². The summed E-state index contributed by atoms with van der Waals surface area (Å²) in [5, 5.41) is 5.40. The summed E-state index contributed by atoms with van der Waals surface area (Å²) in [5.41, 5.74) is -0.554. The van der Waals surface area contributed by atoms with Gasteiger partial charge in [0.05, 0.1) is 0 Å². The first kappa shape index (κ1) is 17.6. The number of hydrogen-bond donors (Lipinski definition) is 2. The van der Waals surface area contributed by atoms with Crippen molar-refractivity contribution < 1.29 is 14.0 Å². The van der Waals surface area contributed by atoms with Crippen LogP contribution >= 0.6 is 0 Å². The number of halogens is 1. The minimum absolute atomic E-state index is 0.0400. The van der Waals surface area contributed by atoms with Gasteiger partial charge in [-0.05, 0) is 43.0 Å². The summed E-state index contributed by atoms with van der Waals surface area (Å²) in [6.07, 6.45) is 2.12. The summed E-state index contributed by atoms with van der Waals surface area (Å²) in [6.45, 7) is 6.01. The maximum Gasteiger partial charge on any atom is 0.268 e. The van der Waals surface area contributed by atoms with Crippen molar-refractivity contribution in [3.8, 4) is 0 Å². The molecule has 3 rings (SSSR count). The van der Waals surface area contributed by atoms with E-state index in [0.717, 1.165) is 25.9 Å². The second-order valence-corrected chi connectivity index (χ2v) is 5.82. The Hall–Kier alpha value is -1.75. The molecule has 0 bridgehead atoms. The molecule has 0 spiro atoms. The molecular formula is C18H25FN2O2. The number of nitrogens with one attached hydrogen (secondary N) is 2. The Labute approximate surface area is 136 Å². The van der Waals surface area contributed by atoms with Crippen LogP contribution in [0.4, 0.5) is 4.39 Å². The monoisotopic (exact) mass is 320 g/mol. The lowest BCUT2D eigenvalue weighted by molar-refractivity contribution is -0.144. The number of carbonyl (C=O) groups excluding carboxylic acids is 2. The first-order valence-electron chi connectivity index (χ1n) is 8.44. The molecule has 2 fully saturated rings. The summed E-state index contributed by atoms with van der Waals surface area (Å²) in [6, 6.07) is 7.20. The average molecular weight is 320 g/mol. The highest BCUT2D eigenvalue weighted by atomic mass is 19.1. The van der Waals surface area contributed by atoms with Gasteiger partial charge in [-0.2, -0.15) is 0 Å². The third-order valence-corrected chi connectivity index (χ3v) is 4.49. The smallest absolute Gasteiger partial charge is 0.268 e. The topological polar surface area (TPSA) is 58.2 Å². The molecule has 0 radical (unpaired) electrons. The highest BCUT2D eigenvalue weighted by molar-refractivity contribution is 6.02. The third-order valence-electron chi connectivity index (χ3n) is 4.49. The third kappa shape index (κ3) is 3.78. The summed E-state index contributed by atoms with van der Waals surface area (Å²) in [7, 11) is 0. The SMILES string of the molecule is CC.O=C1CCC(F)(c2ccc(C3CCNCC3)cc2)C(=O)N1. The Bertz CT molecular complexity index is 553. The van der Waals surface area contributed by atoms with Crippen LogP contribution in [0.2, 0.25) is 0 Å². The Morgan fingerprint density at radius 2 is 1.70 bits per heavy atom. The van der Waals surface area contributed by atoms with Crippen LogP contribution in [-0.2, 0) is 15.3 Å². The molecule has 0 aliphatic carbocycles. The number of alkyl halides is 1. The van der Waals surface area contributed by atoms with Crippen molar-refractivity contribution in [2.75, 3.05) is 13.1 Å². The van der Waals surface area contributed by atoms with Gasteiger partial charge in [-0.25, -0.2) is 4.39 Å². The molecule has 126 valence electrons. The largest absolute Gasteiger partial charge is 0.317 e. The molecule has 1 atom stereocenters. The number of amides is 2. The minimum atomic E-state index is -2.08. The van der Waals surface area contributed by atoms with Gasteiger partial charge in [0.2, 0.25) is 11.6 Å². The van der Waals surface area contributed by atoms with Crippen molar-refractivity contribution in [3.63, 3.8) is 0 Å². The van der Waals surface area contributed by atoms with E-state index in [-0.39, 0.29) is 12.8 Å². The van der Waals surface area contributed by atoms with Crippen LogP contribution in [0.15, 0.2) is 24.3 Å². The van der Waals surface area contributed by atoms with Crippen molar-refractivity contribution in [2.45, 2.75) is 51.1 Å². The fraction of sp³-hybridized carbons (Fsp3) is 0.556. The van der Waals surface area contributed by atoms with Crippen LogP contribution in [0.3, 0.4) is 0 Å². The molecule has 1 aromatic carbocycles. The Morgan fingerprint density at radius 1 is 1.09 bits per heavy atom. The number of piperidine rings is 2. The predicted molar refractivity (Wildman–Crippen MR) is 87.8 cm³/mol. The molecule has 5 heteroatoms. The molecule has 1 unspecified atom stereocenters. The molecule has 4 nitrogen and oxygen atoms in total. The van der Waals surface area contributed by atoms with Crippen LogP contribution in [0.5, 0.6) is 0 Å². The van der Waals surface area contributed by atoms with Crippen LogP contribution in [0.25, 0.3) is 0 Å². The molecule has 2 aliphatic rings. The molecule has 2 amide bonds. The zero-order chi connectivity index (χ0) is 16.9. The summed E-state index contributed by atoms with van der Waals surface area (Å²) in [4.78, 5) is 22.9. The van der Waals surface area contributed by atoms with Crippen molar-refractivity contribution in [2.24, 2.45) is 0 Å². The highest BCUT2D eigenvalue weighted by Gasteiger charge is 2.44. The molecule has 23 heavy (non-hydrogen) atoms. The molecule has 2 aliphatic heterocycles. The van der Waals surface area contributed by atoms with Gasteiger partial charge in [0, 0.05) is 12.8 Å². The Morgan fingerprint density at radius 3 is 2.26 bits per heavy atom. The summed E-state index contributed by atoms with van der Waals surface area (Å²) in [5.74, 6) is -0.745. The van der Waals surface area contributed by atoms with Gasteiger partial charge in [0.1, 0.15) is 0 Å². The van der Waals surface area contributed by atoms with Crippen molar-refractivity contribution in [1.82, 2.24) is 10.6 Å². The van der Waals surface area contributed by atoms with Gasteiger partial charge < -0.3 is 5.32 Å². The predicted octanol–water partition coefficient (Wildman–Crippen LogP) is 2.78. The summed E-state index contributed by atoms with van der Waals surface area (Å²) >= 11 is 0. The molecule has 2 heterocycles. The van der Waals surface area contributed by atoms with E-state index in [2.05, 4.69) is 10.6 Å². The number of rotatable bonds is 2. The number of carbonyl (C=O) groups is 2. The Kier molecular flexibility index (Phi) is 5.88. The molecular weight excluding hydrogens is 295 g/mol. The van der Waals surface area contributed by atoms with Crippen LogP contribution in [-0.4, -0.2) is 24.9 Å². The molecule has 0 saturated carbocycles. The first-order valence-corrected chi connectivity index (χ1v) is 8.44. The quantitative estimate of drug-likeness (QED) is 0.824. The second kappa shape index (κ2) is 7.68. The van der Waals surface area contributed by atoms with E-state index in [1.54, 1.807) is 12.1 Å². The van der Waals surface area contributed by atoms with E-state index in [9.17, 15) is 14.0 Å². The number of hydrogen-bond acceptors (Lipinski definition) is 3. The van der Waals surface area contributed by atoms with Gasteiger partial charge in [-0.3, -0.25) is 14.9 Å². The van der Waals surface area contributed by atoms with E-state index >= 15 is 0 Å². The standard InChI is InChI=1S/C16H19FN2O2.C2H6/c17-16(8-5-14(20)19-15(16)21)13-3-1-11(2-4-13)12-6-9-18-10-7-12;1-2/h1-4,12,18H,5-10H2,(H,19,20,21);1-2H3. The highest BCUT2D eigenvalue weighted by Crippen LogP contribution is 2.35. The lowest BCUT2D eigenvalue weighted by atomic mass is 9.84. The average Bonchev–Trinajstić information content (AvgIpc) is 2.61. The lowest BCUT2D eigenvalue weighted by Gasteiger charge is -2.29. The van der Waals surface area contributed by atoms with E-state index in [4.69, 9.17) is 0 Å². The van der Waals surface area contributed by atoms with E-state index in [0.29, 0.717) is 11.5 Å². The summed E-state index contributed by atoms with van der Waals surface area (Å²) < 4.78 is 14.9. The van der Waals surface area contributed by atoms with Crippen LogP contribution in [0.1, 0.15) is 56.6 Å². The Balaban J connectivity index is 0.000000924. The van der Waals surface area contributed by atoms with Gasteiger partial charge in [-0.15, -0.1) is 0 Å². The fourth-order valence-electron chi connectivity index (χ4n) is 3.14. The van der Waals surface area contributed by atoms with E-state index in [1.807, 2.05) is 26.0 Å². The fourth-order valence-corrected chi connectivity index (χ4v) is 3.14. The molecule has 2 N–H and O–H groups in total. The van der Waals surface area contributed by atoms with Crippen molar-refractivity contribution in [1.29, 1.82) is 0 Å². The minimum Gasteiger partial charge on any atom is -0.317 e. The first-order chi connectivity index (χ1) is 11.1. The van der Waals surface area contributed by atoms with Crippen LogP contribution in [0, 0.1) is 0 Å². The number of imide groups is 1. The van der Waals surface area contributed by atoms with E-state index in [1.165, 1.54) is 5.56 Å². The molecule has 2 saturated heterocycles. The maximum absolute atomic E-state index is 14.9. The van der Waals surface area contributed by atoms with Crippen molar-refractivity contribution in [3.05, 3.63) is 35.4 Å². The molecule has 0 aromatic heterocycles. The normalized spacial score (nSPS) is 25.3. The second-order valence-electron chi connectivity index (χ2n) is 5.82. The van der Waals surface area contributed by atoms with Gasteiger partial charge in [0.25, 0.3) is 5.91 Å². The van der Waals surface area contributed by atoms with Gasteiger partial charge >= 0.3 is 0 Å². The zero-order valence-electron chi connectivity index (χ0n) is 13.8. The van der Waals surface area contributed by atoms with Crippen LogP contribution < -0.4 is 10.6 Å². The van der Waals surface area contributed by atoms with Gasteiger partial charge in [-0.1, -0.05) is 38.1 Å². The van der Waals surface area contributed by atoms with Gasteiger partial charge in [0.15, 0.2) is 0 Å². The number of benzene rings is 1. The van der Waals surface area contributed by atoms with Crippen molar-refractivity contribution >= 4 is 11.8 Å². The zero-order valence-corrected chi connectivity index (χ0v) is 13.8. The lowest BCUT2D eigenvalue weighted by Crippen LogP contribution is -2.49.